The lowest BCUT2D eigenvalue weighted by Gasteiger charge is -2.29. The van der Waals surface area contributed by atoms with Crippen molar-refractivity contribution in [2.75, 3.05) is 36.4 Å². The molecule has 0 saturated carbocycles. The first-order valence-corrected chi connectivity index (χ1v) is 8.46. The number of likely N-dealkylation sites (tertiary alicyclic amines) is 1. The highest BCUT2D eigenvalue weighted by atomic mass is 16.2. The van der Waals surface area contributed by atoms with Crippen molar-refractivity contribution < 1.29 is 9.59 Å². The third-order valence-corrected chi connectivity index (χ3v) is 4.88. The summed E-state index contributed by atoms with van der Waals surface area (Å²) in [6.07, 6.45) is 3.20. The van der Waals surface area contributed by atoms with Gasteiger partial charge in [0, 0.05) is 24.8 Å². The van der Waals surface area contributed by atoms with Gasteiger partial charge in [0.1, 0.15) is 0 Å². The van der Waals surface area contributed by atoms with Gasteiger partial charge >= 0.3 is 0 Å². The lowest BCUT2D eigenvalue weighted by molar-refractivity contribution is -0.118. The molecule has 1 saturated heterocycles. The van der Waals surface area contributed by atoms with E-state index in [9.17, 15) is 9.59 Å². The van der Waals surface area contributed by atoms with Gasteiger partial charge in [-0.05, 0) is 62.0 Å². The number of amides is 2. The second kappa shape index (κ2) is 6.71. The number of rotatable bonds is 3. The first-order chi connectivity index (χ1) is 11.0. The van der Waals surface area contributed by atoms with Gasteiger partial charge in [0.05, 0.1) is 6.54 Å². The third-order valence-electron chi connectivity index (χ3n) is 4.88. The molecule has 3 rings (SSSR count). The van der Waals surface area contributed by atoms with Crippen LogP contribution in [0.3, 0.4) is 0 Å². The van der Waals surface area contributed by atoms with Gasteiger partial charge < -0.3 is 10.2 Å². The van der Waals surface area contributed by atoms with Gasteiger partial charge in [-0.15, -0.1) is 0 Å². The summed E-state index contributed by atoms with van der Waals surface area (Å²) in [6, 6.07) is 5.81. The molecule has 0 bridgehead atoms. The Balaban J connectivity index is 1.58. The van der Waals surface area contributed by atoms with Crippen molar-refractivity contribution in [3.63, 3.8) is 0 Å². The first-order valence-electron chi connectivity index (χ1n) is 8.46. The summed E-state index contributed by atoms with van der Waals surface area (Å²) in [6.45, 7) is 7.06. The van der Waals surface area contributed by atoms with E-state index in [0.29, 0.717) is 6.54 Å². The zero-order valence-corrected chi connectivity index (χ0v) is 14.0. The number of nitrogens with zero attached hydrogens (tertiary/aromatic N) is 2. The fraction of sp³-hybridized carbons (Fsp3) is 0.556. The minimum atomic E-state index is 0.0425. The van der Waals surface area contributed by atoms with Crippen LogP contribution in [-0.2, 0) is 16.0 Å². The monoisotopic (exact) mass is 315 g/mol. The fourth-order valence-electron chi connectivity index (χ4n) is 3.43. The average Bonchev–Trinajstić information content (AvgIpc) is 2.93. The van der Waals surface area contributed by atoms with Crippen LogP contribution in [0.25, 0.3) is 0 Å². The molecule has 0 aliphatic carbocycles. The van der Waals surface area contributed by atoms with Crippen molar-refractivity contribution in [1.82, 2.24) is 4.90 Å². The number of fused-ring (bicyclic) bond motifs is 1. The van der Waals surface area contributed by atoms with E-state index in [1.165, 1.54) is 12.8 Å². The maximum Gasteiger partial charge on any atom is 0.238 e. The number of hydrogen-bond acceptors (Lipinski definition) is 3. The molecule has 2 heterocycles. The SMILES string of the molecule is CC(=O)N1CCc2cc(NC(=O)CN3CCC(C)CC3)ccc21. The lowest BCUT2D eigenvalue weighted by Crippen LogP contribution is -2.38. The number of piperidine rings is 1. The molecule has 1 fully saturated rings. The minimum Gasteiger partial charge on any atom is -0.325 e. The summed E-state index contributed by atoms with van der Waals surface area (Å²) in [7, 11) is 0. The Morgan fingerprint density at radius 2 is 1.96 bits per heavy atom. The number of anilines is 2. The summed E-state index contributed by atoms with van der Waals surface area (Å²) >= 11 is 0. The molecule has 0 aromatic heterocycles. The smallest absolute Gasteiger partial charge is 0.238 e. The standard InChI is InChI=1S/C18H25N3O2/c1-13-5-8-20(9-6-13)12-18(23)19-16-3-4-17-15(11-16)7-10-21(17)14(2)22/h3-4,11,13H,5-10,12H2,1-2H3,(H,19,23). The molecule has 1 aromatic rings. The predicted octanol–water partition coefficient (Wildman–Crippen LogP) is 2.27. The fourth-order valence-corrected chi connectivity index (χ4v) is 3.43. The Morgan fingerprint density at radius 3 is 2.65 bits per heavy atom. The molecule has 5 nitrogen and oxygen atoms in total. The van der Waals surface area contributed by atoms with Gasteiger partial charge in [-0.25, -0.2) is 0 Å². The topological polar surface area (TPSA) is 52.7 Å². The number of carbonyl (C=O) groups is 2. The normalized spacial score (nSPS) is 18.8. The van der Waals surface area contributed by atoms with Gasteiger partial charge in [-0.2, -0.15) is 0 Å². The Bertz CT molecular complexity index is 606. The zero-order chi connectivity index (χ0) is 16.4. The van der Waals surface area contributed by atoms with Crippen LogP contribution in [0.4, 0.5) is 11.4 Å². The van der Waals surface area contributed by atoms with Crippen molar-refractivity contribution in [2.45, 2.75) is 33.1 Å². The number of nitrogens with one attached hydrogen (secondary N) is 1. The Morgan fingerprint density at radius 1 is 1.22 bits per heavy atom. The van der Waals surface area contributed by atoms with Crippen molar-refractivity contribution >= 4 is 23.2 Å². The highest BCUT2D eigenvalue weighted by Gasteiger charge is 2.23. The van der Waals surface area contributed by atoms with Crippen LogP contribution >= 0.6 is 0 Å². The molecule has 2 amide bonds. The van der Waals surface area contributed by atoms with E-state index in [1.807, 2.05) is 18.2 Å². The maximum absolute atomic E-state index is 12.2. The first kappa shape index (κ1) is 16.0. The lowest BCUT2D eigenvalue weighted by atomic mass is 9.99. The molecule has 1 N–H and O–H groups in total. The summed E-state index contributed by atoms with van der Waals surface area (Å²) < 4.78 is 0. The van der Waals surface area contributed by atoms with Crippen molar-refractivity contribution in [2.24, 2.45) is 5.92 Å². The zero-order valence-electron chi connectivity index (χ0n) is 14.0. The molecule has 2 aliphatic rings. The molecule has 0 unspecified atom stereocenters. The van der Waals surface area contributed by atoms with E-state index in [4.69, 9.17) is 0 Å². The quantitative estimate of drug-likeness (QED) is 0.931. The van der Waals surface area contributed by atoms with E-state index >= 15 is 0 Å². The highest BCUT2D eigenvalue weighted by molar-refractivity contribution is 5.96. The second-order valence-electron chi connectivity index (χ2n) is 6.77. The van der Waals surface area contributed by atoms with E-state index in [0.717, 1.165) is 48.9 Å². The molecule has 0 atom stereocenters. The van der Waals surface area contributed by atoms with Crippen LogP contribution in [0.1, 0.15) is 32.3 Å². The summed E-state index contributed by atoms with van der Waals surface area (Å²) in [5.74, 6) is 0.885. The predicted molar refractivity (Wildman–Crippen MR) is 91.6 cm³/mol. The van der Waals surface area contributed by atoms with Gasteiger partial charge in [0.15, 0.2) is 0 Å². The van der Waals surface area contributed by atoms with E-state index < -0.39 is 0 Å². The van der Waals surface area contributed by atoms with E-state index in [1.54, 1.807) is 11.8 Å². The van der Waals surface area contributed by atoms with Crippen LogP contribution in [-0.4, -0.2) is 42.9 Å². The molecule has 0 radical (unpaired) electrons. The van der Waals surface area contributed by atoms with Crippen molar-refractivity contribution in [3.05, 3.63) is 23.8 Å². The van der Waals surface area contributed by atoms with Gasteiger partial charge in [0.2, 0.25) is 11.8 Å². The number of carbonyl (C=O) groups excluding carboxylic acids is 2. The minimum absolute atomic E-state index is 0.0425. The van der Waals surface area contributed by atoms with E-state index in [-0.39, 0.29) is 11.8 Å². The molecular formula is C18H25N3O2. The Hall–Kier alpha value is -1.88. The van der Waals surface area contributed by atoms with Gasteiger partial charge in [-0.3, -0.25) is 14.5 Å². The Kier molecular flexibility index (Phi) is 4.66. The summed E-state index contributed by atoms with van der Waals surface area (Å²) in [4.78, 5) is 27.8. The largest absolute Gasteiger partial charge is 0.325 e. The number of benzene rings is 1. The molecule has 5 heteroatoms. The van der Waals surface area contributed by atoms with Crippen molar-refractivity contribution in [1.29, 1.82) is 0 Å². The molecular weight excluding hydrogens is 290 g/mol. The molecule has 23 heavy (non-hydrogen) atoms. The molecule has 2 aliphatic heterocycles. The Labute approximate surface area is 137 Å². The second-order valence-corrected chi connectivity index (χ2v) is 6.77. The summed E-state index contributed by atoms with van der Waals surface area (Å²) in [5.41, 5.74) is 2.93. The molecule has 124 valence electrons. The van der Waals surface area contributed by atoms with Gasteiger partial charge in [-0.1, -0.05) is 6.92 Å². The molecule has 0 spiro atoms. The van der Waals surface area contributed by atoms with E-state index in [2.05, 4.69) is 17.1 Å². The van der Waals surface area contributed by atoms with Crippen LogP contribution < -0.4 is 10.2 Å². The van der Waals surface area contributed by atoms with Crippen LogP contribution in [0.15, 0.2) is 18.2 Å². The van der Waals surface area contributed by atoms with Crippen molar-refractivity contribution in [3.8, 4) is 0 Å². The van der Waals surface area contributed by atoms with Crippen LogP contribution in [0.5, 0.6) is 0 Å². The average molecular weight is 315 g/mol. The van der Waals surface area contributed by atoms with Crippen LogP contribution in [0, 0.1) is 5.92 Å². The summed E-state index contributed by atoms with van der Waals surface area (Å²) in [5, 5.41) is 2.99. The highest BCUT2D eigenvalue weighted by Crippen LogP contribution is 2.30. The van der Waals surface area contributed by atoms with Gasteiger partial charge in [0.25, 0.3) is 0 Å². The number of hydrogen-bond donors (Lipinski definition) is 1. The maximum atomic E-state index is 12.2. The van der Waals surface area contributed by atoms with Crippen LogP contribution in [0.2, 0.25) is 0 Å². The third kappa shape index (κ3) is 3.72. The molecule has 1 aromatic carbocycles.